The summed E-state index contributed by atoms with van der Waals surface area (Å²) in [7, 11) is 0. The van der Waals surface area contributed by atoms with E-state index in [4.69, 9.17) is 6.42 Å². The number of anilines is 1. The summed E-state index contributed by atoms with van der Waals surface area (Å²) in [6, 6.07) is 8.79. The monoisotopic (exact) mass is 227 g/mol. The zero-order valence-electron chi connectivity index (χ0n) is 10.6. The fraction of sp³-hybridized carbons (Fsp3) is 0.500. The zero-order valence-corrected chi connectivity index (χ0v) is 10.6. The molecule has 1 nitrogen and oxygen atoms in total. The SMILES string of the molecule is C#Cc1cccc(NC2CCC(CC)CC2)c1. The van der Waals surface area contributed by atoms with E-state index >= 15 is 0 Å². The highest BCUT2D eigenvalue weighted by Crippen LogP contribution is 2.28. The highest BCUT2D eigenvalue weighted by molar-refractivity contribution is 5.50. The van der Waals surface area contributed by atoms with E-state index in [1.54, 1.807) is 0 Å². The normalized spacial score (nSPS) is 24.0. The van der Waals surface area contributed by atoms with Crippen LogP contribution < -0.4 is 5.32 Å². The first-order chi connectivity index (χ1) is 8.31. The van der Waals surface area contributed by atoms with E-state index in [2.05, 4.69) is 30.3 Å². The lowest BCUT2D eigenvalue weighted by molar-refractivity contribution is 0.330. The Bertz CT molecular complexity index is 394. The van der Waals surface area contributed by atoms with Gasteiger partial charge in [0.2, 0.25) is 0 Å². The van der Waals surface area contributed by atoms with Gasteiger partial charge in [0.1, 0.15) is 0 Å². The van der Waals surface area contributed by atoms with Crippen molar-refractivity contribution in [3.8, 4) is 12.3 Å². The number of rotatable bonds is 3. The van der Waals surface area contributed by atoms with E-state index in [1.807, 2.05) is 12.1 Å². The van der Waals surface area contributed by atoms with Crippen molar-refractivity contribution in [1.29, 1.82) is 0 Å². The Balaban J connectivity index is 1.91. The van der Waals surface area contributed by atoms with Crippen LogP contribution in [0.5, 0.6) is 0 Å². The van der Waals surface area contributed by atoms with Crippen LogP contribution >= 0.6 is 0 Å². The number of terminal acetylenes is 1. The molecular weight excluding hydrogens is 206 g/mol. The van der Waals surface area contributed by atoms with Gasteiger partial charge in [-0.15, -0.1) is 6.42 Å². The van der Waals surface area contributed by atoms with Crippen LogP contribution in [0.3, 0.4) is 0 Å². The van der Waals surface area contributed by atoms with Gasteiger partial charge in [0, 0.05) is 17.3 Å². The Morgan fingerprint density at radius 2 is 2.06 bits per heavy atom. The van der Waals surface area contributed by atoms with Gasteiger partial charge >= 0.3 is 0 Å². The summed E-state index contributed by atoms with van der Waals surface area (Å²) >= 11 is 0. The molecule has 0 amide bonds. The lowest BCUT2D eigenvalue weighted by Gasteiger charge is -2.29. The standard InChI is InChI=1S/C16H21N/c1-3-13-8-10-15(11-9-13)17-16-7-5-6-14(4-2)12-16/h2,5-7,12-13,15,17H,3,8-11H2,1H3. The smallest absolute Gasteiger partial charge is 0.0354 e. The van der Waals surface area contributed by atoms with Crippen molar-refractivity contribution in [2.45, 2.75) is 45.1 Å². The summed E-state index contributed by atoms with van der Waals surface area (Å²) in [4.78, 5) is 0. The molecule has 0 bridgehead atoms. The molecule has 1 N–H and O–H groups in total. The van der Waals surface area contributed by atoms with Crippen molar-refractivity contribution in [2.24, 2.45) is 5.92 Å². The minimum atomic E-state index is 0.630. The molecule has 1 heteroatoms. The highest BCUT2D eigenvalue weighted by Gasteiger charge is 2.19. The Morgan fingerprint density at radius 3 is 2.71 bits per heavy atom. The maximum absolute atomic E-state index is 5.41. The third-order valence-electron chi connectivity index (χ3n) is 3.82. The molecular formula is C16H21N. The van der Waals surface area contributed by atoms with Gasteiger partial charge in [0.15, 0.2) is 0 Å². The van der Waals surface area contributed by atoms with Crippen LogP contribution in [0.4, 0.5) is 5.69 Å². The molecule has 0 radical (unpaired) electrons. The maximum Gasteiger partial charge on any atom is 0.0354 e. The largest absolute Gasteiger partial charge is 0.382 e. The van der Waals surface area contributed by atoms with E-state index in [9.17, 15) is 0 Å². The van der Waals surface area contributed by atoms with E-state index < -0.39 is 0 Å². The molecule has 1 saturated carbocycles. The summed E-state index contributed by atoms with van der Waals surface area (Å²) in [6.07, 6.45) is 12.1. The third kappa shape index (κ3) is 3.27. The van der Waals surface area contributed by atoms with Gasteiger partial charge in [0.25, 0.3) is 0 Å². The van der Waals surface area contributed by atoms with Gasteiger partial charge in [-0.1, -0.05) is 25.3 Å². The van der Waals surface area contributed by atoms with E-state index in [-0.39, 0.29) is 0 Å². The zero-order chi connectivity index (χ0) is 12.1. The van der Waals surface area contributed by atoms with E-state index in [0.717, 1.165) is 11.5 Å². The maximum atomic E-state index is 5.41. The van der Waals surface area contributed by atoms with Crippen molar-refractivity contribution < 1.29 is 0 Å². The van der Waals surface area contributed by atoms with Crippen molar-refractivity contribution in [3.63, 3.8) is 0 Å². The molecule has 1 aliphatic carbocycles. The second kappa shape index (κ2) is 5.77. The minimum Gasteiger partial charge on any atom is -0.382 e. The summed E-state index contributed by atoms with van der Waals surface area (Å²) in [6.45, 7) is 2.30. The highest BCUT2D eigenvalue weighted by atomic mass is 14.9. The molecule has 2 rings (SSSR count). The minimum absolute atomic E-state index is 0.630. The average Bonchev–Trinajstić information content (AvgIpc) is 2.40. The second-order valence-electron chi connectivity index (χ2n) is 5.00. The fourth-order valence-corrected chi connectivity index (χ4v) is 2.65. The van der Waals surface area contributed by atoms with E-state index in [0.29, 0.717) is 6.04 Å². The summed E-state index contributed by atoms with van der Waals surface area (Å²) < 4.78 is 0. The first kappa shape index (κ1) is 12.0. The topological polar surface area (TPSA) is 12.0 Å². The van der Waals surface area contributed by atoms with Crippen LogP contribution in [-0.4, -0.2) is 6.04 Å². The van der Waals surface area contributed by atoms with Crippen LogP contribution in [0.25, 0.3) is 0 Å². The number of benzene rings is 1. The molecule has 0 saturated heterocycles. The van der Waals surface area contributed by atoms with E-state index in [1.165, 1.54) is 37.8 Å². The van der Waals surface area contributed by atoms with Gasteiger partial charge in [-0.2, -0.15) is 0 Å². The summed E-state index contributed by atoms with van der Waals surface area (Å²) in [5.74, 6) is 3.63. The molecule has 0 atom stereocenters. The summed E-state index contributed by atoms with van der Waals surface area (Å²) in [5, 5.41) is 3.60. The van der Waals surface area contributed by atoms with Crippen molar-refractivity contribution in [2.75, 3.05) is 5.32 Å². The first-order valence-electron chi connectivity index (χ1n) is 6.65. The lowest BCUT2D eigenvalue weighted by Crippen LogP contribution is -2.25. The van der Waals surface area contributed by atoms with Gasteiger partial charge in [-0.3, -0.25) is 0 Å². The number of nitrogens with one attached hydrogen (secondary N) is 1. The van der Waals surface area contributed by atoms with Crippen LogP contribution in [0.1, 0.15) is 44.6 Å². The third-order valence-corrected chi connectivity index (χ3v) is 3.82. The quantitative estimate of drug-likeness (QED) is 0.768. The second-order valence-corrected chi connectivity index (χ2v) is 5.00. The lowest BCUT2D eigenvalue weighted by atomic mass is 9.84. The van der Waals surface area contributed by atoms with Crippen LogP contribution in [0.2, 0.25) is 0 Å². The van der Waals surface area contributed by atoms with Crippen LogP contribution in [-0.2, 0) is 0 Å². The Labute approximate surface area is 105 Å². The molecule has 1 aromatic carbocycles. The first-order valence-corrected chi connectivity index (χ1v) is 6.65. The molecule has 90 valence electrons. The number of hydrogen-bond donors (Lipinski definition) is 1. The molecule has 1 aliphatic rings. The van der Waals surface area contributed by atoms with Gasteiger partial charge in [-0.25, -0.2) is 0 Å². The predicted octanol–water partition coefficient (Wildman–Crippen LogP) is 4.05. The molecule has 0 spiro atoms. The van der Waals surface area contributed by atoms with Gasteiger partial charge in [-0.05, 0) is 49.8 Å². The molecule has 0 unspecified atom stereocenters. The van der Waals surface area contributed by atoms with Crippen molar-refractivity contribution in [1.82, 2.24) is 0 Å². The van der Waals surface area contributed by atoms with Gasteiger partial charge < -0.3 is 5.32 Å². The van der Waals surface area contributed by atoms with Crippen LogP contribution in [0.15, 0.2) is 24.3 Å². The molecule has 1 aromatic rings. The van der Waals surface area contributed by atoms with Crippen LogP contribution in [0, 0.1) is 18.3 Å². The molecule has 1 fully saturated rings. The Morgan fingerprint density at radius 1 is 1.29 bits per heavy atom. The Kier molecular flexibility index (Phi) is 4.09. The van der Waals surface area contributed by atoms with Crippen molar-refractivity contribution >= 4 is 5.69 Å². The Hall–Kier alpha value is -1.42. The van der Waals surface area contributed by atoms with Gasteiger partial charge in [0.05, 0.1) is 0 Å². The fourth-order valence-electron chi connectivity index (χ4n) is 2.65. The molecule has 0 aromatic heterocycles. The summed E-state index contributed by atoms with van der Waals surface area (Å²) in [5.41, 5.74) is 2.12. The average molecular weight is 227 g/mol. The molecule has 0 heterocycles. The van der Waals surface area contributed by atoms with Crippen molar-refractivity contribution in [3.05, 3.63) is 29.8 Å². The predicted molar refractivity (Wildman–Crippen MR) is 74.0 cm³/mol. The molecule has 17 heavy (non-hydrogen) atoms. The molecule has 0 aliphatic heterocycles. The number of hydrogen-bond acceptors (Lipinski definition) is 1.